The summed E-state index contributed by atoms with van der Waals surface area (Å²) in [5.41, 5.74) is 6.44. The van der Waals surface area contributed by atoms with E-state index < -0.39 is 0 Å². The molecule has 0 saturated carbocycles. The molecule has 0 fully saturated rings. The second-order valence-electron chi connectivity index (χ2n) is 7.29. The molecule has 134 valence electrons. The Morgan fingerprint density at radius 3 is 2.35 bits per heavy atom. The number of carbonyl (C=O) groups is 1. The summed E-state index contributed by atoms with van der Waals surface area (Å²) < 4.78 is 0. The average molecular weight is 344 g/mol. The topological polar surface area (TPSA) is 17.1 Å². The Kier molecular flexibility index (Phi) is 5.88. The zero-order chi connectivity index (χ0) is 18.5. The lowest BCUT2D eigenvalue weighted by Gasteiger charge is -2.19. The molecule has 0 amide bonds. The zero-order valence-corrected chi connectivity index (χ0v) is 16.0. The lowest BCUT2D eigenvalue weighted by molar-refractivity contribution is -0.120. The van der Waals surface area contributed by atoms with Crippen molar-refractivity contribution in [2.45, 2.75) is 46.0 Å². The highest BCUT2D eigenvalue weighted by Crippen LogP contribution is 2.38. The van der Waals surface area contributed by atoms with E-state index in [-0.39, 0.29) is 5.92 Å². The van der Waals surface area contributed by atoms with Crippen LogP contribution in [0.3, 0.4) is 0 Å². The van der Waals surface area contributed by atoms with Gasteiger partial charge in [-0.2, -0.15) is 0 Å². The highest BCUT2D eigenvalue weighted by molar-refractivity contribution is 5.86. The molecule has 0 aliphatic heterocycles. The lowest BCUT2D eigenvalue weighted by Crippen LogP contribution is -2.11. The molecule has 0 radical (unpaired) electrons. The quantitative estimate of drug-likeness (QED) is 0.560. The van der Waals surface area contributed by atoms with Gasteiger partial charge in [0.1, 0.15) is 5.78 Å². The molecule has 0 bridgehead atoms. The summed E-state index contributed by atoms with van der Waals surface area (Å²) in [5, 5.41) is 0. The van der Waals surface area contributed by atoms with Gasteiger partial charge in [-0.1, -0.05) is 91.7 Å². The maximum absolute atomic E-state index is 12.7. The van der Waals surface area contributed by atoms with Gasteiger partial charge in [0, 0.05) is 18.3 Å². The van der Waals surface area contributed by atoms with Crippen LogP contribution < -0.4 is 0 Å². The van der Waals surface area contributed by atoms with E-state index in [4.69, 9.17) is 0 Å². The Bertz CT molecular complexity index is 809. The summed E-state index contributed by atoms with van der Waals surface area (Å²) in [6, 6.07) is 18.9. The van der Waals surface area contributed by atoms with E-state index in [9.17, 15) is 4.79 Å². The summed E-state index contributed by atoms with van der Waals surface area (Å²) in [5.74, 6) is 0.747. The normalized spacial score (nSPS) is 17.6. The summed E-state index contributed by atoms with van der Waals surface area (Å²) in [6.45, 7) is 6.34. The van der Waals surface area contributed by atoms with E-state index in [0.717, 1.165) is 18.4 Å². The van der Waals surface area contributed by atoms with Crippen LogP contribution in [0, 0.1) is 12.8 Å². The van der Waals surface area contributed by atoms with Gasteiger partial charge in [0.05, 0.1) is 0 Å². The van der Waals surface area contributed by atoms with E-state index >= 15 is 0 Å². The van der Waals surface area contributed by atoms with Crippen molar-refractivity contribution in [1.29, 1.82) is 0 Å². The van der Waals surface area contributed by atoms with Gasteiger partial charge in [0.15, 0.2) is 0 Å². The van der Waals surface area contributed by atoms with E-state index in [2.05, 4.69) is 80.6 Å². The Morgan fingerprint density at radius 1 is 1.00 bits per heavy atom. The Balaban J connectivity index is 1.61. The van der Waals surface area contributed by atoms with Crippen molar-refractivity contribution in [2.75, 3.05) is 0 Å². The third-order valence-corrected chi connectivity index (χ3v) is 5.54. The standard InChI is InChI=1S/C25H28O/c1-4-23-22(14-16-24(23)21-8-6-5-7-9-21)15-17-25(26)19(3)20-12-10-18(2)11-13-20/h5-14,16,19,23H,4,15,17H2,1-3H3. The average Bonchev–Trinajstić information content (AvgIpc) is 3.09. The molecule has 1 heteroatoms. The molecule has 0 N–H and O–H groups in total. The van der Waals surface area contributed by atoms with Crippen molar-refractivity contribution >= 4 is 11.4 Å². The van der Waals surface area contributed by atoms with Crippen molar-refractivity contribution in [1.82, 2.24) is 0 Å². The SMILES string of the molecule is CCC1C(CCC(=O)C(C)c2ccc(C)cc2)=CC=C1c1ccccc1. The lowest BCUT2D eigenvalue weighted by atomic mass is 9.85. The highest BCUT2D eigenvalue weighted by Gasteiger charge is 2.24. The van der Waals surface area contributed by atoms with Crippen LogP contribution in [0.1, 0.15) is 55.7 Å². The zero-order valence-electron chi connectivity index (χ0n) is 16.0. The molecule has 0 aromatic heterocycles. The summed E-state index contributed by atoms with van der Waals surface area (Å²) >= 11 is 0. The van der Waals surface area contributed by atoms with Crippen LogP contribution in [0.5, 0.6) is 0 Å². The molecule has 2 aromatic rings. The number of allylic oxidation sites excluding steroid dienone is 4. The fraction of sp³-hybridized carbons (Fsp3) is 0.320. The molecule has 0 saturated heterocycles. The molecular formula is C25H28O. The molecule has 3 rings (SSSR count). The van der Waals surface area contributed by atoms with Gasteiger partial charge in [0.25, 0.3) is 0 Å². The van der Waals surface area contributed by atoms with Gasteiger partial charge in [0.2, 0.25) is 0 Å². The molecule has 0 heterocycles. The molecule has 2 aromatic carbocycles. The predicted molar refractivity (Wildman–Crippen MR) is 110 cm³/mol. The van der Waals surface area contributed by atoms with Crippen LogP contribution in [-0.4, -0.2) is 5.78 Å². The van der Waals surface area contributed by atoms with Gasteiger partial charge in [-0.15, -0.1) is 0 Å². The molecule has 26 heavy (non-hydrogen) atoms. The van der Waals surface area contributed by atoms with E-state index in [1.807, 2.05) is 6.92 Å². The Labute approximate surface area is 157 Å². The smallest absolute Gasteiger partial charge is 0.140 e. The largest absolute Gasteiger partial charge is 0.299 e. The Hall–Kier alpha value is -2.41. The number of rotatable bonds is 7. The first kappa shape index (κ1) is 18.4. The van der Waals surface area contributed by atoms with Crippen LogP contribution in [0.15, 0.2) is 72.3 Å². The fourth-order valence-electron chi connectivity index (χ4n) is 3.82. The molecule has 2 unspecified atom stereocenters. The molecule has 2 atom stereocenters. The minimum Gasteiger partial charge on any atom is -0.299 e. The molecular weight excluding hydrogens is 316 g/mol. The van der Waals surface area contributed by atoms with Gasteiger partial charge >= 0.3 is 0 Å². The predicted octanol–water partition coefficient (Wildman–Crippen LogP) is 6.50. The first-order valence-corrected chi connectivity index (χ1v) is 9.65. The molecule has 1 aliphatic carbocycles. The first-order chi connectivity index (χ1) is 12.6. The van der Waals surface area contributed by atoms with Gasteiger partial charge < -0.3 is 0 Å². The van der Waals surface area contributed by atoms with Crippen molar-refractivity contribution in [3.8, 4) is 0 Å². The summed E-state index contributed by atoms with van der Waals surface area (Å²) in [6.07, 6.45) is 7.04. The summed E-state index contributed by atoms with van der Waals surface area (Å²) in [4.78, 5) is 12.7. The molecule has 1 aliphatic rings. The van der Waals surface area contributed by atoms with Crippen LogP contribution in [0.4, 0.5) is 0 Å². The summed E-state index contributed by atoms with van der Waals surface area (Å²) in [7, 11) is 0. The van der Waals surface area contributed by atoms with Crippen LogP contribution in [0.25, 0.3) is 5.57 Å². The minimum absolute atomic E-state index is 0.0285. The number of hydrogen-bond acceptors (Lipinski definition) is 1. The first-order valence-electron chi connectivity index (χ1n) is 9.65. The van der Waals surface area contributed by atoms with E-state index in [0.29, 0.717) is 18.1 Å². The maximum Gasteiger partial charge on any atom is 0.140 e. The highest BCUT2D eigenvalue weighted by atomic mass is 16.1. The number of Topliss-reactive ketones (excluding diaryl/α,β-unsaturated/α-hetero) is 1. The molecule has 1 nitrogen and oxygen atoms in total. The maximum atomic E-state index is 12.7. The third kappa shape index (κ3) is 4.04. The number of ketones is 1. The van der Waals surface area contributed by atoms with Crippen LogP contribution in [-0.2, 0) is 4.79 Å². The van der Waals surface area contributed by atoms with Crippen LogP contribution in [0.2, 0.25) is 0 Å². The Morgan fingerprint density at radius 2 is 1.69 bits per heavy atom. The van der Waals surface area contributed by atoms with Crippen LogP contribution >= 0.6 is 0 Å². The van der Waals surface area contributed by atoms with Gasteiger partial charge in [-0.05, 0) is 36.5 Å². The van der Waals surface area contributed by atoms with E-state index in [1.165, 1.54) is 22.3 Å². The second-order valence-corrected chi connectivity index (χ2v) is 7.29. The van der Waals surface area contributed by atoms with E-state index in [1.54, 1.807) is 0 Å². The van der Waals surface area contributed by atoms with Gasteiger partial charge in [-0.25, -0.2) is 0 Å². The van der Waals surface area contributed by atoms with Crippen molar-refractivity contribution in [2.24, 2.45) is 5.92 Å². The fourth-order valence-corrected chi connectivity index (χ4v) is 3.82. The number of aryl methyl sites for hydroxylation is 1. The minimum atomic E-state index is -0.0285. The second kappa shape index (κ2) is 8.31. The van der Waals surface area contributed by atoms with Gasteiger partial charge in [-0.3, -0.25) is 4.79 Å². The number of benzene rings is 2. The molecule has 0 spiro atoms. The van der Waals surface area contributed by atoms with Crippen molar-refractivity contribution in [3.63, 3.8) is 0 Å². The third-order valence-electron chi connectivity index (χ3n) is 5.54. The number of carbonyl (C=O) groups excluding carboxylic acids is 1. The van der Waals surface area contributed by atoms with Crippen molar-refractivity contribution in [3.05, 3.63) is 89.0 Å². The number of hydrogen-bond donors (Lipinski definition) is 0. The van der Waals surface area contributed by atoms with Crippen molar-refractivity contribution < 1.29 is 4.79 Å². The monoisotopic (exact) mass is 344 g/mol.